The third kappa shape index (κ3) is 4.64. The van der Waals surface area contributed by atoms with Crippen LogP contribution in [0.25, 0.3) is 0 Å². The molecule has 186 valence electrons. The van der Waals surface area contributed by atoms with Gasteiger partial charge in [-0.3, -0.25) is 9.69 Å². The Labute approximate surface area is 217 Å². The van der Waals surface area contributed by atoms with Crippen molar-refractivity contribution in [1.82, 2.24) is 4.98 Å². The van der Waals surface area contributed by atoms with Gasteiger partial charge in [-0.05, 0) is 21.5 Å². The van der Waals surface area contributed by atoms with Gasteiger partial charge in [-0.25, -0.2) is 4.98 Å². The van der Waals surface area contributed by atoms with Gasteiger partial charge < -0.3 is 13.7 Å². The maximum Gasteiger partial charge on any atom is 0.261 e. The number of aromatic nitrogens is 1. The molecular weight excluding hydrogens is 486 g/mol. The van der Waals surface area contributed by atoms with Crippen molar-refractivity contribution in [3.8, 4) is 0 Å². The van der Waals surface area contributed by atoms with Crippen LogP contribution < -0.4 is 20.2 Å². The number of amides is 1. The van der Waals surface area contributed by atoms with E-state index in [0.717, 1.165) is 30.3 Å². The molecule has 0 radical (unpaired) electrons. The van der Waals surface area contributed by atoms with Crippen molar-refractivity contribution in [3.63, 3.8) is 0 Å². The lowest BCUT2D eigenvalue weighted by Crippen LogP contribution is -2.70. The fourth-order valence-electron chi connectivity index (χ4n) is 4.90. The molecule has 36 heavy (non-hydrogen) atoms. The fraction of sp³-hybridized carbons (Fsp3) is 0.286. The van der Waals surface area contributed by atoms with Gasteiger partial charge in [0.2, 0.25) is 12.3 Å². The zero-order chi connectivity index (χ0) is 25.2. The van der Waals surface area contributed by atoms with Crippen LogP contribution in [0.1, 0.15) is 26.5 Å². The fourth-order valence-corrected chi connectivity index (χ4v) is 10.4. The van der Waals surface area contributed by atoms with E-state index in [9.17, 15) is 4.79 Å². The normalized spacial score (nSPS) is 14.5. The summed E-state index contributed by atoms with van der Waals surface area (Å²) in [6, 6.07) is 25.0. The Balaban J connectivity index is 1.33. The van der Waals surface area contributed by atoms with E-state index >= 15 is 0 Å². The molecule has 4 aromatic rings. The van der Waals surface area contributed by atoms with Crippen molar-refractivity contribution in [1.29, 1.82) is 0 Å². The van der Waals surface area contributed by atoms with Crippen LogP contribution in [0.5, 0.6) is 0 Å². The lowest BCUT2D eigenvalue weighted by Gasteiger charge is -2.49. The topological polar surface area (TPSA) is 58.8 Å². The van der Waals surface area contributed by atoms with Gasteiger partial charge in [-0.2, -0.15) is 0 Å². The Morgan fingerprint density at radius 3 is 2.22 bits per heavy atom. The SMILES string of the molecule is CC(C)(C)[Si](OC1CN(c2nc(CN(C=O)c3ccco3)cs2)C1)(c1ccccc1)c1ccccc1. The summed E-state index contributed by atoms with van der Waals surface area (Å²) in [6.45, 7) is 8.89. The number of furan rings is 1. The number of anilines is 2. The molecule has 1 aliphatic heterocycles. The maximum absolute atomic E-state index is 11.5. The summed E-state index contributed by atoms with van der Waals surface area (Å²) in [4.78, 5) is 20.1. The summed E-state index contributed by atoms with van der Waals surface area (Å²) in [7, 11) is -2.56. The number of rotatable bonds is 9. The molecule has 2 aromatic heterocycles. The van der Waals surface area contributed by atoms with Crippen molar-refractivity contribution < 1.29 is 13.6 Å². The Morgan fingerprint density at radius 2 is 1.69 bits per heavy atom. The Bertz CT molecular complexity index is 1230. The maximum atomic E-state index is 11.5. The third-order valence-corrected chi connectivity index (χ3v) is 12.7. The van der Waals surface area contributed by atoms with Crippen molar-refractivity contribution in [2.24, 2.45) is 0 Å². The number of benzene rings is 2. The summed E-state index contributed by atoms with van der Waals surface area (Å²) >= 11 is 1.60. The van der Waals surface area contributed by atoms with Crippen molar-refractivity contribution in [2.75, 3.05) is 22.9 Å². The molecule has 0 atom stereocenters. The molecule has 1 saturated heterocycles. The minimum Gasteiger partial charge on any atom is -0.448 e. The van der Waals surface area contributed by atoms with Crippen LogP contribution in [0, 0.1) is 0 Å². The minimum atomic E-state index is -2.56. The molecule has 5 rings (SSSR count). The second-order valence-corrected chi connectivity index (χ2v) is 15.2. The highest BCUT2D eigenvalue weighted by atomic mass is 32.1. The van der Waals surface area contributed by atoms with E-state index in [2.05, 4.69) is 86.3 Å². The minimum absolute atomic E-state index is 0.0470. The van der Waals surface area contributed by atoms with Gasteiger partial charge in [0.25, 0.3) is 8.32 Å². The standard InChI is InChI=1S/C28H31N3O3SSi/c1-28(2,3)36(24-11-6-4-7-12-24,25-13-8-5-9-14-25)34-23-18-30(19-23)27-29-22(20-35-27)17-31(21-32)26-15-10-16-33-26/h4-16,20-21,23H,17-19H2,1-3H3. The number of hydrogen-bond acceptors (Lipinski definition) is 6. The van der Waals surface area contributed by atoms with Gasteiger partial charge in [0.05, 0.1) is 24.6 Å². The van der Waals surface area contributed by atoms with Gasteiger partial charge in [0.1, 0.15) is 0 Å². The number of carbonyl (C=O) groups is 1. The first-order chi connectivity index (χ1) is 17.4. The Hall–Kier alpha value is -3.20. The molecule has 8 heteroatoms. The predicted molar refractivity (Wildman–Crippen MR) is 148 cm³/mol. The van der Waals surface area contributed by atoms with E-state index in [-0.39, 0.29) is 11.1 Å². The first-order valence-corrected chi connectivity index (χ1v) is 14.9. The highest BCUT2D eigenvalue weighted by molar-refractivity contribution is 7.13. The first kappa shape index (κ1) is 24.5. The summed E-state index contributed by atoms with van der Waals surface area (Å²) in [6.07, 6.45) is 2.46. The average Bonchev–Trinajstić information content (AvgIpc) is 3.55. The largest absolute Gasteiger partial charge is 0.448 e. The Morgan fingerprint density at radius 1 is 1.06 bits per heavy atom. The second kappa shape index (κ2) is 10.0. The van der Waals surface area contributed by atoms with Crippen molar-refractivity contribution in [3.05, 3.63) is 90.1 Å². The molecule has 0 N–H and O–H groups in total. The van der Waals surface area contributed by atoms with Crippen LogP contribution in [0.3, 0.4) is 0 Å². The molecule has 0 saturated carbocycles. The first-order valence-electron chi connectivity index (χ1n) is 12.1. The highest BCUT2D eigenvalue weighted by Gasteiger charge is 2.52. The van der Waals surface area contributed by atoms with Gasteiger partial charge in [-0.1, -0.05) is 81.4 Å². The van der Waals surface area contributed by atoms with E-state index in [4.69, 9.17) is 13.8 Å². The van der Waals surface area contributed by atoms with E-state index < -0.39 is 8.32 Å². The van der Waals surface area contributed by atoms with E-state index in [1.54, 1.807) is 29.7 Å². The summed E-state index contributed by atoms with van der Waals surface area (Å²) in [5, 5.41) is 5.51. The molecule has 6 nitrogen and oxygen atoms in total. The molecule has 0 spiro atoms. The monoisotopic (exact) mass is 517 g/mol. The molecule has 0 bridgehead atoms. The molecule has 3 heterocycles. The summed E-state index contributed by atoms with van der Waals surface area (Å²) in [5.74, 6) is 0.516. The van der Waals surface area contributed by atoms with Crippen LogP contribution in [-0.4, -0.2) is 38.9 Å². The van der Waals surface area contributed by atoms with E-state index in [1.807, 2.05) is 5.38 Å². The zero-order valence-corrected chi connectivity index (χ0v) is 22.7. The van der Waals surface area contributed by atoms with Crippen LogP contribution in [0.2, 0.25) is 5.04 Å². The lowest BCUT2D eigenvalue weighted by atomic mass is 10.2. The van der Waals surface area contributed by atoms with Crippen LogP contribution in [0.15, 0.2) is 88.9 Å². The van der Waals surface area contributed by atoms with Gasteiger partial charge in [0.15, 0.2) is 5.13 Å². The zero-order valence-electron chi connectivity index (χ0n) is 20.8. The van der Waals surface area contributed by atoms with Crippen molar-refractivity contribution in [2.45, 2.75) is 38.5 Å². The predicted octanol–water partition coefficient (Wildman–Crippen LogP) is 4.66. The average molecular weight is 518 g/mol. The molecule has 1 fully saturated rings. The lowest BCUT2D eigenvalue weighted by molar-refractivity contribution is -0.107. The van der Waals surface area contributed by atoms with Crippen LogP contribution in [-0.2, 0) is 15.8 Å². The summed E-state index contributed by atoms with van der Waals surface area (Å²) < 4.78 is 12.6. The van der Waals surface area contributed by atoms with Crippen LogP contribution >= 0.6 is 11.3 Å². The number of hydrogen-bond donors (Lipinski definition) is 0. The molecule has 0 aliphatic carbocycles. The molecule has 0 unspecified atom stereocenters. The summed E-state index contributed by atoms with van der Waals surface area (Å²) in [5.41, 5.74) is 0.842. The van der Waals surface area contributed by atoms with E-state index in [0.29, 0.717) is 12.4 Å². The Kier molecular flexibility index (Phi) is 6.83. The van der Waals surface area contributed by atoms with Gasteiger partial charge >= 0.3 is 0 Å². The highest BCUT2D eigenvalue weighted by Crippen LogP contribution is 2.39. The molecule has 2 aromatic carbocycles. The van der Waals surface area contributed by atoms with E-state index in [1.165, 1.54) is 15.3 Å². The smallest absolute Gasteiger partial charge is 0.261 e. The number of carbonyl (C=O) groups excluding carboxylic acids is 1. The number of nitrogens with zero attached hydrogens (tertiary/aromatic N) is 3. The molecule has 1 amide bonds. The molecular formula is C28H31N3O3SSi. The van der Waals surface area contributed by atoms with Crippen molar-refractivity contribution >= 4 is 47.5 Å². The quantitative estimate of drug-likeness (QED) is 0.239. The number of thiazole rings is 1. The van der Waals surface area contributed by atoms with Crippen LogP contribution in [0.4, 0.5) is 11.0 Å². The van der Waals surface area contributed by atoms with Gasteiger partial charge in [0, 0.05) is 24.5 Å². The second-order valence-electron chi connectivity index (χ2n) is 10.1. The van der Waals surface area contributed by atoms with Gasteiger partial charge in [-0.15, -0.1) is 11.3 Å². The molecule has 1 aliphatic rings. The third-order valence-electron chi connectivity index (χ3n) is 6.67.